The second kappa shape index (κ2) is 2.91. The van der Waals surface area contributed by atoms with E-state index in [1.807, 2.05) is 5.59 Å². The van der Waals surface area contributed by atoms with Crippen LogP contribution in [0.5, 0.6) is 0 Å². The van der Waals surface area contributed by atoms with Crippen LogP contribution < -0.4 is 5.59 Å². The third-order valence-corrected chi connectivity index (χ3v) is 1.97. The molecule has 0 radical (unpaired) electrons. The van der Waals surface area contributed by atoms with Crippen molar-refractivity contribution >= 4 is 17.7 Å². The number of nitrogens with zero attached hydrogens (tertiary/aromatic N) is 1. The summed E-state index contributed by atoms with van der Waals surface area (Å²) < 4.78 is 0. The number of rotatable bonds is 2. The largest absolute Gasteiger partial charge is 0.477 e. The van der Waals surface area contributed by atoms with Gasteiger partial charge in [0.05, 0.1) is 5.88 Å². The number of carboxylic acid groups (broad SMARTS) is 1. The molecule has 56 valence electrons. The van der Waals surface area contributed by atoms with E-state index in [0.29, 0.717) is 5.88 Å². The molecule has 0 saturated carbocycles. The molecule has 0 saturated heterocycles. The van der Waals surface area contributed by atoms with Crippen molar-refractivity contribution in [2.45, 2.75) is 0 Å². The first kappa shape index (κ1) is 7.39. The molecule has 5 nitrogen and oxygen atoms in total. The Morgan fingerprint density at radius 2 is 2.60 bits per heavy atom. The van der Waals surface area contributed by atoms with Gasteiger partial charge in [-0.2, -0.15) is 0 Å². The molecule has 0 spiro atoms. The number of carboxylic acids is 1. The zero-order valence-electron chi connectivity index (χ0n) is 4.94. The molecular formula is C4H6N2O3S. The zero-order chi connectivity index (χ0) is 7.56. The zero-order valence-corrected chi connectivity index (χ0v) is 5.76. The van der Waals surface area contributed by atoms with Gasteiger partial charge in [0.2, 0.25) is 0 Å². The molecule has 1 rings (SSSR count). The fourth-order valence-corrected chi connectivity index (χ4v) is 1.27. The van der Waals surface area contributed by atoms with Gasteiger partial charge in [-0.3, -0.25) is 10.2 Å². The summed E-state index contributed by atoms with van der Waals surface area (Å²) in [5.74, 6) is -0.555. The summed E-state index contributed by atoms with van der Waals surface area (Å²) in [4.78, 5) is 10.5. The van der Waals surface area contributed by atoms with Crippen LogP contribution in [0.25, 0.3) is 0 Å². The van der Waals surface area contributed by atoms with Crippen molar-refractivity contribution in [2.24, 2.45) is 0 Å². The van der Waals surface area contributed by atoms with Gasteiger partial charge in [-0.15, -0.1) is 5.59 Å². The lowest BCUT2D eigenvalue weighted by molar-refractivity contribution is -0.131. The molecule has 6 heteroatoms. The van der Waals surface area contributed by atoms with Gasteiger partial charge in [0.1, 0.15) is 4.91 Å². The Bertz CT molecular complexity index is 181. The van der Waals surface area contributed by atoms with Crippen molar-refractivity contribution in [1.29, 1.82) is 0 Å². The van der Waals surface area contributed by atoms with E-state index in [0.717, 1.165) is 11.8 Å². The molecule has 3 N–H and O–H groups in total. The Kier molecular flexibility index (Phi) is 2.15. The Morgan fingerprint density at radius 1 is 1.90 bits per heavy atom. The van der Waals surface area contributed by atoms with Crippen LogP contribution in [-0.4, -0.2) is 27.2 Å². The highest BCUT2D eigenvalue weighted by Gasteiger charge is 2.17. The number of hydrogen-bond donors (Lipinski definition) is 3. The van der Waals surface area contributed by atoms with Crippen molar-refractivity contribution in [3.05, 3.63) is 11.1 Å². The van der Waals surface area contributed by atoms with Crippen LogP contribution in [0.3, 0.4) is 0 Å². The molecule has 0 aromatic rings. The summed E-state index contributed by atoms with van der Waals surface area (Å²) in [5, 5.41) is 18.0. The highest BCUT2D eigenvalue weighted by atomic mass is 32.2. The van der Waals surface area contributed by atoms with E-state index in [1.165, 1.54) is 11.2 Å². The van der Waals surface area contributed by atoms with Crippen molar-refractivity contribution in [3.8, 4) is 0 Å². The Morgan fingerprint density at radius 3 is 2.90 bits per heavy atom. The minimum Gasteiger partial charge on any atom is -0.477 e. The normalized spacial score (nSPS) is 17.3. The highest BCUT2D eigenvalue weighted by molar-refractivity contribution is 8.04. The van der Waals surface area contributed by atoms with Crippen molar-refractivity contribution in [3.63, 3.8) is 0 Å². The van der Waals surface area contributed by atoms with Gasteiger partial charge >= 0.3 is 5.97 Å². The molecule has 10 heavy (non-hydrogen) atoms. The van der Waals surface area contributed by atoms with Crippen molar-refractivity contribution in [2.75, 3.05) is 5.88 Å². The molecule has 0 aromatic carbocycles. The Hall–Kier alpha value is -0.720. The molecule has 1 aliphatic rings. The summed E-state index contributed by atoms with van der Waals surface area (Å²) in [5.41, 5.74) is 1.82. The lowest BCUT2D eigenvalue weighted by atomic mass is 10.6. The molecule has 0 bridgehead atoms. The van der Waals surface area contributed by atoms with Crippen LogP contribution in [0.1, 0.15) is 0 Å². The molecule has 1 heterocycles. The van der Waals surface area contributed by atoms with Crippen LogP contribution in [0.15, 0.2) is 11.1 Å². The fourth-order valence-electron chi connectivity index (χ4n) is 0.530. The van der Waals surface area contributed by atoms with Gasteiger partial charge in [-0.05, 0) is 0 Å². The first-order valence-corrected chi connectivity index (χ1v) is 3.47. The summed E-state index contributed by atoms with van der Waals surface area (Å²) >= 11 is 1.15. The SMILES string of the molecule is O=C(O)C1=CN(NO)CS1. The fraction of sp³-hybridized carbons (Fsp3) is 0.250. The number of nitrogens with one attached hydrogen (secondary N) is 1. The van der Waals surface area contributed by atoms with Crippen LogP contribution in [0.4, 0.5) is 0 Å². The molecular weight excluding hydrogens is 156 g/mol. The van der Waals surface area contributed by atoms with Gasteiger partial charge in [0, 0.05) is 6.20 Å². The highest BCUT2D eigenvalue weighted by Crippen LogP contribution is 2.23. The number of aliphatic carboxylic acids is 1. The summed E-state index contributed by atoms with van der Waals surface area (Å²) in [6, 6.07) is 0. The van der Waals surface area contributed by atoms with E-state index in [4.69, 9.17) is 10.3 Å². The van der Waals surface area contributed by atoms with Gasteiger partial charge in [-0.1, -0.05) is 11.8 Å². The predicted molar refractivity (Wildman–Crippen MR) is 34.9 cm³/mol. The minimum absolute atomic E-state index is 0.224. The Labute approximate surface area is 61.2 Å². The van der Waals surface area contributed by atoms with E-state index in [2.05, 4.69) is 0 Å². The van der Waals surface area contributed by atoms with Crippen molar-refractivity contribution < 1.29 is 15.1 Å². The molecule has 0 aliphatic carbocycles. The van der Waals surface area contributed by atoms with Crippen molar-refractivity contribution in [1.82, 2.24) is 10.6 Å². The third-order valence-electron chi connectivity index (χ3n) is 0.971. The van der Waals surface area contributed by atoms with E-state index < -0.39 is 5.97 Å². The summed E-state index contributed by atoms with van der Waals surface area (Å²) in [6.45, 7) is 0. The first-order chi connectivity index (χ1) is 4.74. The molecule has 0 amide bonds. The number of carbonyl (C=O) groups is 1. The van der Waals surface area contributed by atoms with E-state index in [1.54, 1.807) is 0 Å². The smallest absolute Gasteiger partial charge is 0.343 e. The minimum atomic E-state index is -0.970. The number of hydrazine groups is 1. The van der Waals surface area contributed by atoms with E-state index >= 15 is 0 Å². The average Bonchev–Trinajstić information content (AvgIpc) is 2.34. The maximum atomic E-state index is 10.2. The second-order valence-corrected chi connectivity index (χ2v) is 2.63. The van der Waals surface area contributed by atoms with E-state index in [9.17, 15) is 4.79 Å². The summed E-state index contributed by atoms with van der Waals surface area (Å²) in [7, 11) is 0. The average molecular weight is 162 g/mol. The topological polar surface area (TPSA) is 72.8 Å². The monoisotopic (exact) mass is 162 g/mol. The van der Waals surface area contributed by atoms with Crippen LogP contribution in [-0.2, 0) is 4.79 Å². The maximum Gasteiger partial charge on any atom is 0.343 e. The standard InChI is InChI=1S/C4H6N2O3S/c7-4(8)3-1-6(5-9)2-10-3/h1,5,9H,2H2,(H,7,8). The van der Waals surface area contributed by atoms with Crippen LogP contribution in [0.2, 0.25) is 0 Å². The van der Waals surface area contributed by atoms with Gasteiger partial charge in [0.25, 0.3) is 0 Å². The molecule has 0 fully saturated rings. The van der Waals surface area contributed by atoms with E-state index in [-0.39, 0.29) is 4.91 Å². The Balaban J connectivity index is 2.57. The quantitative estimate of drug-likeness (QED) is 0.489. The first-order valence-electron chi connectivity index (χ1n) is 2.48. The molecule has 0 aromatic heterocycles. The predicted octanol–water partition coefficient (Wildman–Crippen LogP) is -0.187. The van der Waals surface area contributed by atoms with Gasteiger partial charge in [-0.25, -0.2) is 4.79 Å². The second-order valence-electron chi connectivity index (χ2n) is 1.64. The molecule has 0 atom stereocenters. The van der Waals surface area contributed by atoms with Gasteiger partial charge in [0.15, 0.2) is 0 Å². The third kappa shape index (κ3) is 1.41. The van der Waals surface area contributed by atoms with Gasteiger partial charge < -0.3 is 5.11 Å². The van der Waals surface area contributed by atoms with Crippen LogP contribution in [0, 0.1) is 0 Å². The lowest BCUT2D eigenvalue weighted by Crippen LogP contribution is -2.27. The number of hydrogen-bond acceptors (Lipinski definition) is 5. The molecule has 1 aliphatic heterocycles. The lowest BCUT2D eigenvalue weighted by Gasteiger charge is -2.07. The van der Waals surface area contributed by atoms with Crippen LogP contribution >= 0.6 is 11.8 Å². The maximum absolute atomic E-state index is 10.2. The number of thioether (sulfide) groups is 1. The molecule has 0 unspecified atom stereocenters. The summed E-state index contributed by atoms with van der Waals surface area (Å²) in [6.07, 6.45) is 1.33.